The Hall–Kier alpha value is -2.29. The van der Waals surface area contributed by atoms with Gasteiger partial charge in [0.2, 0.25) is 21.8 Å². The van der Waals surface area contributed by atoms with Crippen molar-refractivity contribution in [3.05, 3.63) is 64.1 Å². The third-order valence-electron chi connectivity index (χ3n) is 6.71. The SMILES string of the molecule is C[C@@H](C(=O)NC1CCCCC1)N(Cc1c(Cl)cccc1Cl)C(=O)CCCN(c1ccccc1)S(C)(=O)=O. The maximum atomic E-state index is 13.5. The van der Waals surface area contributed by atoms with E-state index in [0.717, 1.165) is 31.9 Å². The number of sulfonamides is 1. The largest absolute Gasteiger partial charge is 0.352 e. The number of nitrogens with one attached hydrogen (secondary N) is 1. The highest BCUT2D eigenvalue weighted by Gasteiger charge is 2.29. The minimum Gasteiger partial charge on any atom is -0.352 e. The van der Waals surface area contributed by atoms with Crippen molar-refractivity contribution < 1.29 is 18.0 Å². The molecular formula is C27H35Cl2N3O4S. The van der Waals surface area contributed by atoms with Crippen molar-refractivity contribution in [3.63, 3.8) is 0 Å². The van der Waals surface area contributed by atoms with Crippen LogP contribution in [0.1, 0.15) is 57.4 Å². The summed E-state index contributed by atoms with van der Waals surface area (Å²) in [5.41, 5.74) is 1.11. The summed E-state index contributed by atoms with van der Waals surface area (Å²) in [7, 11) is -3.53. The molecule has 1 aliphatic rings. The molecule has 2 aromatic rings. The highest BCUT2D eigenvalue weighted by molar-refractivity contribution is 7.92. The smallest absolute Gasteiger partial charge is 0.242 e. The normalized spacial score (nSPS) is 15.1. The van der Waals surface area contributed by atoms with Gasteiger partial charge in [0.25, 0.3) is 0 Å². The first kappa shape index (κ1) is 29.3. The fraction of sp³-hybridized carbons (Fsp3) is 0.481. The van der Waals surface area contributed by atoms with Gasteiger partial charge >= 0.3 is 0 Å². The van der Waals surface area contributed by atoms with Crippen LogP contribution in [0.2, 0.25) is 10.0 Å². The van der Waals surface area contributed by atoms with Gasteiger partial charge in [0, 0.05) is 41.2 Å². The molecular weight excluding hydrogens is 533 g/mol. The van der Waals surface area contributed by atoms with E-state index >= 15 is 0 Å². The number of anilines is 1. The molecule has 1 N–H and O–H groups in total. The van der Waals surface area contributed by atoms with Gasteiger partial charge in [0.15, 0.2) is 0 Å². The summed E-state index contributed by atoms with van der Waals surface area (Å²) in [4.78, 5) is 28.1. The first-order valence-electron chi connectivity index (χ1n) is 12.6. The molecule has 0 heterocycles. The molecule has 3 rings (SSSR count). The Morgan fingerprint density at radius 1 is 1.00 bits per heavy atom. The van der Waals surface area contributed by atoms with Crippen molar-refractivity contribution >= 4 is 50.7 Å². The van der Waals surface area contributed by atoms with Crippen LogP contribution in [0, 0.1) is 0 Å². The molecule has 0 aromatic heterocycles. The second-order valence-corrected chi connectivity index (χ2v) is 12.2. The summed E-state index contributed by atoms with van der Waals surface area (Å²) in [5, 5.41) is 3.93. The first-order chi connectivity index (χ1) is 17.6. The van der Waals surface area contributed by atoms with E-state index in [1.165, 1.54) is 15.6 Å². The van der Waals surface area contributed by atoms with Crippen LogP contribution in [-0.4, -0.2) is 50.0 Å². The number of carbonyl (C=O) groups excluding carboxylic acids is 2. The molecule has 2 amide bonds. The topological polar surface area (TPSA) is 86.8 Å². The van der Waals surface area contributed by atoms with Crippen LogP contribution in [0.3, 0.4) is 0 Å². The molecule has 1 fully saturated rings. The standard InChI is InChI=1S/C27H35Cl2N3O4S/c1-20(27(34)30-21-11-5-3-6-12-21)31(19-23-24(28)15-9-16-25(23)29)26(33)17-10-18-32(37(2,35)36)22-13-7-4-8-14-22/h4,7-9,13-16,20-21H,3,5-6,10-12,17-19H2,1-2H3,(H,30,34)/t20-/m0/s1. The maximum Gasteiger partial charge on any atom is 0.242 e. The molecule has 0 spiro atoms. The molecule has 10 heteroatoms. The van der Waals surface area contributed by atoms with Crippen LogP contribution >= 0.6 is 23.2 Å². The number of amides is 2. The molecule has 202 valence electrons. The van der Waals surface area contributed by atoms with Crippen molar-refractivity contribution in [3.8, 4) is 0 Å². The van der Waals surface area contributed by atoms with Crippen molar-refractivity contribution in [2.45, 2.75) is 70.5 Å². The van der Waals surface area contributed by atoms with E-state index in [9.17, 15) is 18.0 Å². The second-order valence-electron chi connectivity index (χ2n) is 9.52. The van der Waals surface area contributed by atoms with E-state index in [2.05, 4.69) is 5.32 Å². The lowest BCUT2D eigenvalue weighted by Gasteiger charge is -2.32. The molecule has 0 bridgehead atoms. The summed E-state index contributed by atoms with van der Waals surface area (Å²) < 4.78 is 26.1. The lowest BCUT2D eigenvalue weighted by atomic mass is 9.95. The average Bonchev–Trinajstić information content (AvgIpc) is 2.86. The molecule has 37 heavy (non-hydrogen) atoms. The van der Waals surface area contributed by atoms with E-state index in [4.69, 9.17) is 23.2 Å². The van der Waals surface area contributed by atoms with Crippen LogP contribution < -0.4 is 9.62 Å². The number of hydrogen-bond acceptors (Lipinski definition) is 4. The number of nitrogens with zero attached hydrogens (tertiary/aromatic N) is 2. The Kier molecular flexibility index (Phi) is 10.7. The van der Waals surface area contributed by atoms with E-state index in [0.29, 0.717) is 21.3 Å². The van der Waals surface area contributed by atoms with Gasteiger partial charge < -0.3 is 10.2 Å². The Labute approximate surface area is 230 Å². The van der Waals surface area contributed by atoms with E-state index < -0.39 is 16.1 Å². The molecule has 1 aliphatic carbocycles. The van der Waals surface area contributed by atoms with Crippen molar-refractivity contribution in [2.24, 2.45) is 0 Å². The molecule has 0 aliphatic heterocycles. The van der Waals surface area contributed by atoms with Crippen LogP contribution in [0.15, 0.2) is 48.5 Å². The van der Waals surface area contributed by atoms with Crippen LogP contribution in [0.5, 0.6) is 0 Å². The number of rotatable bonds is 11. The lowest BCUT2D eigenvalue weighted by molar-refractivity contribution is -0.141. The van der Waals surface area contributed by atoms with Gasteiger partial charge in [-0.25, -0.2) is 8.42 Å². The van der Waals surface area contributed by atoms with Crippen LogP contribution in [0.4, 0.5) is 5.69 Å². The number of benzene rings is 2. The third-order valence-corrected chi connectivity index (χ3v) is 8.61. The number of hydrogen-bond donors (Lipinski definition) is 1. The van der Waals surface area contributed by atoms with Gasteiger partial charge in [-0.3, -0.25) is 13.9 Å². The summed E-state index contributed by atoms with van der Waals surface area (Å²) in [5.74, 6) is -0.491. The van der Waals surface area contributed by atoms with Gasteiger partial charge in [0.1, 0.15) is 6.04 Å². The fourth-order valence-corrected chi connectivity index (χ4v) is 6.09. The highest BCUT2D eigenvalue weighted by atomic mass is 35.5. The minimum atomic E-state index is -3.53. The highest BCUT2D eigenvalue weighted by Crippen LogP contribution is 2.27. The Morgan fingerprint density at radius 3 is 2.22 bits per heavy atom. The quantitative estimate of drug-likeness (QED) is 0.393. The summed E-state index contributed by atoms with van der Waals surface area (Å²) in [6.07, 6.45) is 6.68. The van der Waals surface area contributed by atoms with Gasteiger partial charge in [-0.15, -0.1) is 0 Å². The lowest BCUT2D eigenvalue weighted by Crippen LogP contribution is -2.50. The van der Waals surface area contributed by atoms with E-state index in [-0.39, 0.29) is 43.8 Å². The van der Waals surface area contributed by atoms with E-state index in [1.54, 1.807) is 49.4 Å². The predicted molar refractivity (Wildman–Crippen MR) is 149 cm³/mol. The van der Waals surface area contributed by atoms with Crippen molar-refractivity contribution in [2.75, 3.05) is 17.1 Å². The molecule has 0 unspecified atom stereocenters. The van der Waals surface area contributed by atoms with Gasteiger partial charge in [-0.1, -0.05) is 66.7 Å². The molecule has 2 aromatic carbocycles. The zero-order chi connectivity index (χ0) is 27.0. The zero-order valence-corrected chi connectivity index (χ0v) is 23.7. The molecule has 0 radical (unpaired) electrons. The molecule has 1 saturated carbocycles. The van der Waals surface area contributed by atoms with Crippen molar-refractivity contribution in [1.29, 1.82) is 0 Å². The average molecular weight is 569 g/mol. The summed E-state index contributed by atoms with van der Waals surface area (Å²) in [6.45, 7) is 1.91. The molecule has 0 saturated heterocycles. The van der Waals surface area contributed by atoms with Crippen LogP contribution in [-0.2, 0) is 26.2 Å². The fourth-order valence-electron chi connectivity index (χ4n) is 4.60. The van der Waals surface area contributed by atoms with Gasteiger partial charge in [0.05, 0.1) is 11.9 Å². The minimum absolute atomic E-state index is 0.0575. The third kappa shape index (κ3) is 8.35. The summed E-state index contributed by atoms with van der Waals surface area (Å²) in [6, 6.07) is 13.2. The second kappa shape index (κ2) is 13.5. The number of para-hydroxylation sites is 1. The first-order valence-corrected chi connectivity index (χ1v) is 15.2. The predicted octanol–water partition coefficient (Wildman–Crippen LogP) is 5.41. The molecule has 1 atom stereocenters. The Morgan fingerprint density at radius 2 is 1.62 bits per heavy atom. The van der Waals surface area contributed by atoms with E-state index in [1.807, 2.05) is 6.07 Å². The number of halogens is 2. The zero-order valence-electron chi connectivity index (χ0n) is 21.3. The van der Waals surface area contributed by atoms with Crippen LogP contribution in [0.25, 0.3) is 0 Å². The number of carbonyl (C=O) groups is 2. The Bertz CT molecular complexity index is 1150. The van der Waals surface area contributed by atoms with Crippen molar-refractivity contribution in [1.82, 2.24) is 10.2 Å². The monoisotopic (exact) mass is 567 g/mol. The van der Waals surface area contributed by atoms with Gasteiger partial charge in [-0.2, -0.15) is 0 Å². The molecule has 7 nitrogen and oxygen atoms in total. The van der Waals surface area contributed by atoms with Gasteiger partial charge in [-0.05, 0) is 50.5 Å². The summed E-state index contributed by atoms with van der Waals surface area (Å²) >= 11 is 12.8. The maximum absolute atomic E-state index is 13.5. The Balaban J connectivity index is 1.75.